The smallest absolute Gasteiger partial charge is 0.255 e. The molecule has 1 aliphatic rings. The van der Waals surface area contributed by atoms with Gasteiger partial charge < -0.3 is 15.5 Å². The van der Waals surface area contributed by atoms with E-state index in [1.807, 2.05) is 62.5 Å². The van der Waals surface area contributed by atoms with E-state index in [2.05, 4.69) is 38.7 Å². The Labute approximate surface area is 184 Å². The summed E-state index contributed by atoms with van der Waals surface area (Å²) in [4.78, 5) is 19.4. The summed E-state index contributed by atoms with van der Waals surface area (Å²) in [7, 11) is 0. The molecule has 2 N–H and O–H groups in total. The largest absolute Gasteiger partial charge is 0.371 e. The molecule has 1 amide bonds. The summed E-state index contributed by atoms with van der Waals surface area (Å²) in [5.74, 6) is -0.0648. The van der Waals surface area contributed by atoms with Crippen LogP contribution in [0.25, 0.3) is 0 Å². The molecular weight excluding hydrogens is 384 g/mol. The zero-order valence-electron chi connectivity index (χ0n) is 18.3. The average Bonchev–Trinajstić information content (AvgIpc) is 2.79. The van der Waals surface area contributed by atoms with Gasteiger partial charge >= 0.3 is 0 Å². The molecule has 0 saturated carbocycles. The highest BCUT2D eigenvalue weighted by molar-refractivity contribution is 6.05. The first kappa shape index (κ1) is 21.1. The molecule has 0 bridgehead atoms. The number of rotatable bonds is 6. The Bertz CT molecular complexity index is 1010. The molecule has 2 heterocycles. The van der Waals surface area contributed by atoms with Gasteiger partial charge in [-0.3, -0.25) is 9.78 Å². The van der Waals surface area contributed by atoms with E-state index >= 15 is 0 Å². The van der Waals surface area contributed by atoms with Gasteiger partial charge in [-0.1, -0.05) is 23.8 Å². The van der Waals surface area contributed by atoms with Gasteiger partial charge in [0.25, 0.3) is 5.91 Å². The zero-order chi connectivity index (χ0) is 21.6. The number of nitrogens with zero attached hydrogens (tertiary/aromatic N) is 2. The van der Waals surface area contributed by atoms with E-state index in [1.54, 1.807) is 0 Å². The number of carbonyl (C=O) groups is 1. The number of pyridine rings is 1. The lowest BCUT2D eigenvalue weighted by Gasteiger charge is -2.34. The van der Waals surface area contributed by atoms with Crippen LogP contribution in [-0.4, -0.2) is 30.0 Å². The van der Waals surface area contributed by atoms with Crippen LogP contribution in [-0.2, 0) is 6.54 Å². The quantitative estimate of drug-likeness (QED) is 0.613. The fourth-order valence-corrected chi connectivity index (χ4v) is 4.12. The summed E-state index contributed by atoms with van der Waals surface area (Å²) in [6.07, 6.45) is 4.06. The van der Waals surface area contributed by atoms with E-state index in [-0.39, 0.29) is 5.91 Å². The van der Waals surface area contributed by atoms with Gasteiger partial charge in [-0.05, 0) is 74.7 Å². The Morgan fingerprint density at radius 1 is 1.03 bits per heavy atom. The molecule has 5 nitrogen and oxygen atoms in total. The maximum absolute atomic E-state index is 12.6. The molecule has 160 valence electrons. The molecule has 31 heavy (non-hydrogen) atoms. The monoisotopic (exact) mass is 414 g/mol. The summed E-state index contributed by atoms with van der Waals surface area (Å²) in [5, 5.41) is 6.64. The van der Waals surface area contributed by atoms with Crippen LogP contribution >= 0.6 is 0 Å². The minimum atomic E-state index is -0.0648. The summed E-state index contributed by atoms with van der Waals surface area (Å²) in [5.41, 5.74) is 5.98. The topological polar surface area (TPSA) is 57.3 Å². The Hall–Kier alpha value is -3.18. The standard InChI is InChI=1S/C26H30N4O/c1-19-6-11-25(20(2)17-19)26(31)29-22-7-9-24(10-8-22)30-15-12-21(13-16-30)28-18-23-5-3-4-14-27-23/h3-11,14,17,21,28H,12-13,15-16,18H2,1-2H3,(H,29,31). The van der Waals surface area contributed by atoms with E-state index in [0.717, 1.165) is 60.5 Å². The molecule has 3 aromatic rings. The van der Waals surface area contributed by atoms with Crippen molar-refractivity contribution in [1.82, 2.24) is 10.3 Å². The third-order valence-corrected chi connectivity index (χ3v) is 5.91. The number of nitrogens with one attached hydrogen (secondary N) is 2. The number of piperidine rings is 1. The molecular formula is C26H30N4O. The first-order valence-electron chi connectivity index (χ1n) is 11.0. The summed E-state index contributed by atoms with van der Waals surface area (Å²) in [6.45, 7) is 6.87. The van der Waals surface area contributed by atoms with Crippen molar-refractivity contribution in [2.75, 3.05) is 23.3 Å². The number of hydrogen-bond donors (Lipinski definition) is 2. The number of carbonyl (C=O) groups excluding carboxylic acids is 1. The fourth-order valence-electron chi connectivity index (χ4n) is 4.12. The minimum absolute atomic E-state index is 0.0648. The maximum atomic E-state index is 12.6. The normalized spacial score (nSPS) is 14.5. The van der Waals surface area contributed by atoms with Gasteiger partial charge in [0.1, 0.15) is 0 Å². The van der Waals surface area contributed by atoms with Crippen LogP contribution in [0.3, 0.4) is 0 Å². The molecule has 1 saturated heterocycles. The van der Waals surface area contributed by atoms with E-state index in [9.17, 15) is 4.79 Å². The van der Waals surface area contributed by atoms with Crippen molar-refractivity contribution in [2.45, 2.75) is 39.3 Å². The number of benzene rings is 2. The first-order valence-corrected chi connectivity index (χ1v) is 11.0. The molecule has 1 aromatic heterocycles. The van der Waals surface area contributed by atoms with Crippen LogP contribution in [0.5, 0.6) is 0 Å². The highest BCUT2D eigenvalue weighted by atomic mass is 16.1. The molecule has 4 rings (SSSR count). The number of amides is 1. The van der Waals surface area contributed by atoms with Crippen LogP contribution in [0, 0.1) is 13.8 Å². The number of aryl methyl sites for hydroxylation is 2. The van der Waals surface area contributed by atoms with Gasteiger partial charge in [-0.25, -0.2) is 0 Å². The number of anilines is 2. The Kier molecular flexibility index (Phi) is 6.63. The second-order valence-electron chi connectivity index (χ2n) is 8.28. The lowest BCUT2D eigenvalue weighted by Crippen LogP contribution is -2.42. The Balaban J connectivity index is 1.28. The fraction of sp³-hybridized carbons (Fsp3) is 0.308. The lowest BCUT2D eigenvalue weighted by atomic mass is 10.0. The van der Waals surface area contributed by atoms with Crippen molar-refractivity contribution in [3.05, 3.63) is 89.2 Å². The molecule has 0 unspecified atom stereocenters. The van der Waals surface area contributed by atoms with Crippen LogP contribution in [0.15, 0.2) is 66.9 Å². The molecule has 2 aromatic carbocycles. The molecule has 1 aliphatic heterocycles. The summed E-state index contributed by atoms with van der Waals surface area (Å²) < 4.78 is 0. The van der Waals surface area contributed by atoms with Crippen LogP contribution in [0.2, 0.25) is 0 Å². The molecule has 0 atom stereocenters. The predicted octanol–water partition coefficient (Wildman–Crippen LogP) is 4.71. The van der Waals surface area contributed by atoms with Crippen LogP contribution in [0.1, 0.15) is 40.0 Å². The zero-order valence-corrected chi connectivity index (χ0v) is 18.3. The van der Waals surface area contributed by atoms with Crippen molar-refractivity contribution in [2.24, 2.45) is 0 Å². The van der Waals surface area contributed by atoms with E-state index in [1.165, 1.54) is 5.69 Å². The third kappa shape index (κ3) is 5.50. The molecule has 1 fully saturated rings. The van der Waals surface area contributed by atoms with Crippen molar-refractivity contribution < 1.29 is 4.79 Å². The summed E-state index contributed by atoms with van der Waals surface area (Å²) in [6, 6.07) is 20.6. The highest BCUT2D eigenvalue weighted by Crippen LogP contribution is 2.23. The second-order valence-corrected chi connectivity index (χ2v) is 8.28. The Morgan fingerprint density at radius 3 is 2.48 bits per heavy atom. The average molecular weight is 415 g/mol. The van der Waals surface area contributed by atoms with Gasteiger partial charge in [0.05, 0.1) is 5.69 Å². The predicted molar refractivity (Wildman–Crippen MR) is 127 cm³/mol. The highest BCUT2D eigenvalue weighted by Gasteiger charge is 2.19. The first-order chi connectivity index (χ1) is 15.1. The maximum Gasteiger partial charge on any atom is 0.255 e. The van der Waals surface area contributed by atoms with Crippen LogP contribution < -0.4 is 15.5 Å². The van der Waals surface area contributed by atoms with E-state index < -0.39 is 0 Å². The molecule has 0 spiro atoms. The van der Waals surface area contributed by atoms with Crippen molar-refractivity contribution in [3.63, 3.8) is 0 Å². The van der Waals surface area contributed by atoms with Crippen LogP contribution in [0.4, 0.5) is 11.4 Å². The lowest BCUT2D eigenvalue weighted by molar-refractivity contribution is 0.102. The Morgan fingerprint density at radius 2 is 1.81 bits per heavy atom. The van der Waals surface area contributed by atoms with Gasteiger partial charge in [-0.2, -0.15) is 0 Å². The van der Waals surface area contributed by atoms with E-state index in [4.69, 9.17) is 0 Å². The van der Waals surface area contributed by atoms with E-state index in [0.29, 0.717) is 6.04 Å². The van der Waals surface area contributed by atoms with Crippen molar-refractivity contribution in [3.8, 4) is 0 Å². The minimum Gasteiger partial charge on any atom is -0.371 e. The van der Waals surface area contributed by atoms with Crippen molar-refractivity contribution in [1.29, 1.82) is 0 Å². The number of hydrogen-bond acceptors (Lipinski definition) is 4. The second kappa shape index (κ2) is 9.75. The third-order valence-electron chi connectivity index (χ3n) is 5.91. The van der Waals surface area contributed by atoms with Gasteiger partial charge in [-0.15, -0.1) is 0 Å². The SMILES string of the molecule is Cc1ccc(C(=O)Nc2ccc(N3CCC(NCc4ccccn4)CC3)cc2)c(C)c1. The number of aromatic nitrogens is 1. The molecule has 0 aliphatic carbocycles. The van der Waals surface area contributed by atoms with Gasteiger partial charge in [0, 0.05) is 48.8 Å². The summed E-state index contributed by atoms with van der Waals surface area (Å²) >= 11 is 0. The van der Waals surface area contributed by atoms with Gasteiger partial charge in [0.15, 0.2) is 0 Å². The molecule has 5 heteroatoms. The molecule has 0 radical (unpaired) electrons. The van der Waals surface area contributed by atoms with Crippen molar-refractivity contribution >= 4 is 17.3 Å². The van der Waals surface area contributed by atoms with Gasteiger partial charge in [0.2, 0.25) is 0 Å².